The van der Waals surface area contributed by atoms with E-state index >= 15 is 0 Å². The summed E-state index contributed by atoms with van der Waals surface area (Å²) in [5.41, 5.74) is 6.24. The molecule has 1 saturated heterocycles. The van der Waals surface area contributed by atoms with E-state index in [0.717, 1.165) is 5.56 Å². The van der Waals surface area contributed by atoms with Gasteiger partial charge >= 0.3 is 13.7 Å². The molecule has 0 spiro atoms. The molecule has 5 N–H and O–H groups in total. The van der Waals surface area contributed by atoms with Gasteiger partial charge in [-0.1, -0.05) is 55.5 Å². The van der Waals surface area contributed by atoms with E-state index in [1.807, 2.05) is 30.3 Å². The molecule has 1 unspecified atom stereocenters. The molecule has 3 heterocycles. The number of anilines is 1. The number of aromatic amines is 1. The number of nitrogens with zero attached hydrogens (tertiary/aromatic N) is 3. The Balaban J connectivity index is 1.29. The molecule has 42 heavy (non-hydrogen) atoms. The van der Waals surface area contributed by atoms with E-state index < -0.39 is 49.7 Å². The number of para-hydroxylation sites is 1. The van der Waals surface area contributed by atoms with E-state index in [-0.39, 0.29) is 36.1 Å². The van der Waals surface area contributed by atoms with Crippen molar-refractivity contribution in [1.29, 1.82) is 0 Å². The SMILES string of the molecule is C[C@H]1[C@H](O)[C@@H](COP(=O)(N[C@@H](C)C(=O)OCc2ccccc2)Oc2ccccc2)O[C@H]1n1cnc2c(=O)[nH]c(N)nc21. The van der Waals surface area contributed by atoms with Gasteiger partial charge in [-0.05, 0) is 24.6 Å². The van der Waals surface area contributed by atoms with Gasteiger partial charge in [0.15, 0.2) is 11.2 Å². The standard InChI is InChI=1S/C27H31N6O8P/c1-16-22(34)20(40-25(16)33-15-29-21-23(33)30-27(28)31-24(21)35)14-39-42(37,41-19-11-7-4-8-12-19)32-17(2)26(36)38-13-18-9-5-3-6-10-18/h3-12,15-17,20,22,25,34H,13-14H2,1-2H3,(H,32,37)(H3,28,30,31,35)/t16-,17-,20+,22-,25+,42?/m0/s1. The Bertz CT molecular complexity index is 1630. The van der Waals surface area contributed by atoms with Crippen LogP contribution in [0.3, 0.4) is 0 Å². The minimum absolute atomic E-state index is 0.0348. The Kier molecular flexibility index (Phi) is 8.71. The number of benzene rings is 2. The van der Waals surface area contributed by atoms with Gasteiger partial charge in [0.25, 0.3) is 5.56 Å². The van der Waals surface area contributed by atoms with Crippen molar-refractivity contribution in [1.82, 2.24) is 24.6 Å². The summed E-state index contributed by atoms with van der Waals surface area (Å²) in [5, 5.41) is 13.6. The summed E-state index contributed by atoms with van der Waals surface area (Å²) in [6, 6.07) is 16.4. The lowest BCUT2D eigenvalue weighted by atomic mass is 10.0. The van der Waals surface area contributed by atoms with E-state index in [2.05, 4.69) is 20.0 Å². The van der Waals surface area contributed by atoms with Crippen molar-refractivity contribution in [2.75, 3.05) is 12.3 Å². The molecule has 0 radical (unpaired) electrons. The smallest absolute Gasteiger partial charge is 0.459 e. The molecule has 2 aromatic heterocycles. The molecule has 1 fully saturated rings. The molecule has 6 atom stereocenters. The summed E-state index contributed by atoms with van der Waals surface area (Å²) < 4.78 is 38.2. The number of carbonyl (C=O) groups is 1. The number of hydrogen-bond donors (Lipinski definition) is 4. The van der Waals surface area contributed by atoms with E-state index in [0.29, 0.717) is 0 Å². The Labute approximate surface area is 240 Å². The molecular formula is C27H31N6O8P. The predicted octanol–water partition coefficient (Wildman–Crippen LogP) is 2.52. The molecule has 14 nitrogen and oxygen atoms in total. The fraction of sp³-hybridized carbons (Fsp3) is 0.333. The van der Waals surface area contributed by atoms with E-state index in [4.69, 9.17) is 24.3 Å². The Morgan fingerprint density at radius 2 is 1.90 bits per heavy atom. The van der Waals surface area contributed by atoms with Crippen LogP contribution in [0.1, 0.15) is 25.6 Å². The number of carbonyl (C=O) groups excluding carboxylic acids is 1. The molecule has 0 aliphatic carbocycles. The second-order valence-electron chi connectivity index (χ2n) is 9.83. The minimum atomic E-state index is -4.21. The highest BCUT2D eigenvalue weighted by Crippen LogP contribution is 2.46. The number of hydrogen-bond acceptors (Lipinski definition) is 11. The zero-order chi connectivity index (χ0) is 29.9. The lowest BCUT2D eigenvalue weighted by Gasteiger charge is -2.24. The van der Waals surface area contributed by atoms with Crippen molar-refractivity contribution in [2.45, 2.75) is 44.9 Å². The van der Waals surface area contributed by atoms with Gasteiger partial charge in [0.1, 0.15) is 30.7 Å². The van der Waals surface area contributed by atoms with Crippen molar-refractivity contribution in [3.8, 4) is 5.75 Å². The van der Waals surface area contributed by atoms with Gasteiger partial charge in [-0.2, -0.15) is 10.1 Å². The van der Waals surface area contributed by atoms with Crippen LogP contribution >= 0.6 is 7.75 Å². The van der Waals surface area contributed by atoms with Crippen molar-refractivity contribution in [3.05, 3.63) is 82.9 Å². The van der Waals surface area contributed by atoms with E-state index in [1.165, 1.54) is 17.8 Å². The van der Waals surface area contributed by atoms with Crippen LogP contribution in [0.4, 0.5) is 5.95 Å². The molecule has 0 saturated carbocycles. The van der Waals surface area contributed by atoms with E-state index in [9.17, 15) is 19.3 Å². The molecule has 0 amide bonds. The largest absolute Gasteiger partial charge is 0.460 e. The number of H-pyrrole nitrogens is 1. The van der Waals surface area contributed by atoms with Crippen LogP contribution in [0, 0.1) is 5.92 Å². The molecular weight excluding hydrogens is 567 g/mol. The molecule has 1 aliphatic rings. The first kappa shape index (κ1) is 29.4. The molecule has 4 aromatic rings. The number of aliphatic hydroxyl groups is 1. The number of esters is 1. The highest BCUT2D eigenvalue weighted by atomic mass is 31.2. The third-order valence-corrected chi connectivity index (χ3v) is 8.36. The summed E-state index contributed by atoms with van der Waals surface area (Å²) in [4.78, 5) is 35.5. The lowest BCUT2D eigenvalue weighted by Crippen LogP contribution is -2.36. The number of nitrogens with one attached hydrogen (secondary N) is 2. The zero-order valence-electron chi connectivity index (χ0n) is 22.8. The summed E-state index contributed by atoms with van der Waals surface area (Å²) in [6.07, 6.45) is -1.44. The number of imidazole rings is 1. The number of ether oxygens (including phenoxy) is 2. The second kappa shape index (κ2) is 12.4. The molecule has 2 aromatic carbocycles. The maximum Gasteiger partial charge on any atom is 0.459 e. The van der Waals surface area contributed by atoms with Crippen LogP contribution in [0.5, 0.6) is 5.75 Å². The van der Waals surface area contributed by atoms with Crippen LogP contribution in [-0.4, -0.2) is 55.5 Å². The molecule has 1 aliphatic heterocycles. The van der Waals surface area contributed by atoms with Crippen molar-refractivity contribution in [2.24, 2.45) is 5.92 Å². The summed E-state index contributed by atoms with van der Waals surface area (Å²) >= 11 is 0. The van der Waals surface area contributed by atoms with Crippen LogP contribution in [0.25, 0.3) is 11.2 Å². The maximum atomic E-state index is 13.9. The van der Waals surface area contributed by atoms with E-state index in [1.54, 1.807) is 37.3 Å². The van der Waals surface area contributed by atoms with Crippen LogP contribution in [0.15, 0.2) is 71.8 Å². The Hall–Kier alpha value is -4.07. The third-order valence-electron chi connectivity index (χ3n) is 6.72. The number of nitrogen functional groups attached to an aromatic ring is 1. The van der Waals surface area contributed by atoms with Gasteiger partial charge in [0.2, 0.25) is 5.95 Å². The maximum absolute atomic E-state index is 13.9. The number of aromatic nitrogens is 4. The summed E-state index contributed by atoms with van der Waals surface area (Å²) in [6.45, 7) is 2.88. The number of fused-ring (bicyclic) bond motifs is 1. The van der Waals surface area contributed by atoms with Gasteiger partial charge in [0, 0.05) is 5.92 Å². The number of rotatable bonds is 11. The summed E-state index contributed by atoms with van der Waals surface area (Å²) in [7, 11) is -4.21. The average molecular weight is 599 g/mol. The van der Waals surface area contributed by atoms with Crippen molar-refractivity contribution < 1.29 is 33.0 Å². The fourth-order valence-electron chi connectivity index (χ4n) is 4.50. The van der Waals surface area contributed by atoms with Crippen molar-refractivity contribution in [3.63, 3.8) is 0 Å². The van der Waals surface area contributed by atoms with Crippen molar-refractivity contribution >= 4 is 30.8 Å². The summed E-state index contributed by atoms with van der Waals surface area (Å²) in [5.74, 6) is -1.04. The quantitative estimate of drug-likeness (QED) is 0.146. The second-order valence-corrected chi connectivity index (χ2v) is 11.5. The first-order chi connectivity index (χ1) is 20.1. The first-order valence-electron chi connectivity index (χ1n) is 13.2. The topological polar surface area (TPSA) is 193 Å². The van der Waals surface area contributed by atoms with Gasteiger partial charge in [-0.15, -0.1) is 0 Å². The minimum Gasteiger partial charge on any atom is -0.460 e. The lowest BCUT2D eigenvalue weighted by molar-refractivity contribution is -0.146. The Morgan fingerprint density at radius 3 is 2.62 bits per heavy atom. The highest BCUT2D eigenvalue weighted by molar-refractivity contribution is 7.52. The van der Waals surface area contributed by atoms with Crippen LogP contribution < -0.4 is 20.9 Å². The molecule has 5 rings (SSSR count). The average Bonchev–Trinajstić information content (AvgIpc) is 3.52. The fourth-order valence-corrected chi connectivity index (χ4v) is 6.00. The molecule has 0 bridgehead atoms. The zero-order valence-corrected chi connectivity index (χ0v) is 23.7. The number of nitrogens with two attached hydrogens (primary N) is 1. The Morgan fingerprint density at radius 1 is 1.21 bits per heavy atom. The van der Waals surface area contributed by atoms with Gasteiger partial charge in [-0.25, -0.2) is 9.55 Å². The number of aliphatic hydroxyl groups excluding tert-OH is 1. The predicted molar refractivity (Wildman–Crippen MR) is 151 cm³/mol. The molecule has 15 heteroatoms. The first-order valence-corrected chi connectivity index (χ1v) is 14.7. The van der Waals surface area contributed by atoms with Gasteiger partial charge in [0.05, 0.1) is 19.0 Å². The monoisotopic (exact) mass is 598 g/mol. The van der Waals surface area contributed by atoms with Gasteiger partial charge in [-0.3, -0.25) is 23.7 Å². The normalized spacial score (nSPS) is 22.5. The van der Waals surface area contributed by atoms with Crippen LogP contribution in [0.2, 0.25) is 0 Å². The molecule has 222 valence electrons. The van der Waals surface area contributed by atoms with Gasteiger partial charge < -0.3 is 24.8 Å². The highest BCUT2D eigenvalue weighted by Gasteiger charge is 2.44. The third kappa shape index (κ3) is 6.53. The van der Waals surface area contributed by atoms with Crippen LogP contribution in [-0.2, 0) is 30.0 Å².